The Morgan fingerprint density at radius 3 is 1.77 bits per heavy atom. The van der Waals surface area contributed by atoms with E-state index >= 15 is 0 Å². The number of hydrogen-bond acceptors (Lipinski definition) is 3. The molecule has 2 aliphatic rings. The molecule has 2 saturated carbocycles. The van der Waals surface area contributed by atoms with Gasteiger partial charge in [0.1, 0.15) is 0 Å². The van der Waals surface area contributed by atoms with Gasteiger partial charge in [0.2, 0.25) is 0 Å². The van der Waals surface area contributed by atoms with Crippen LogP contribution in [0.2, 0.25) is 0 Å². The fourth-order valence-corrected chi connectivity index (χ4v) is 4.64. The highest BCUT2D eigenvalue weighted by Crippen LogP contribution is 2.64. The summed E-state index contributed by atoms with van der Waals surface area (Å²) in [6, 6.07) is 0. The molecule has 0 aromatic rings. The van der Waals surface area contributed by atoms with Crippen LogP contribution in [0.25, 0.3) is 0 Å². The molecule has 0 heterocycles. The van der Waals surface area contributed by atoms with Crippen LogP contribution in [0.3, 0.4) is 0 Å². The van der Waals surface area contributed by atoms with Crippen LogP contribution in [0.15, 0.2) is 0 Å². The van der Waals surface area contributed by atoms with E-state index in [1.54, 1.807) is 13.8 Å². The maximum atomic E-state index is 12.9. The number of alkyl halides is 6. The number of fused-ring (bicyclic) bond motifs is 2. The van der Waals surface area contributed by atoms with Gasteiger partial charge in [-0.2, -0.15) is 34.8 Å². The van der Waals surface area contributed by atoms with E-state index < -0.39 is 39.7 Å². The SMILES string of the molecule is CC(C1CC2CCC1C2)(C(F)(F)F)C(F)(F)F.CCC(C)S(=O)(=O)OC. The maximum absolute atomic E-state index is 12.9. The van der Waals surface area contributed by atoms with Gasteiger partial charge in [-0.25, -0.2) is 0 Å². The highest BCUT2D eigenvalue weighted by molar-refractivity contribution is 7.87. The van der Waals surface area contributed by atoms with Crippen molar-refractivity contribution in [2.75, 3.05) is 7.11 Å². The largest absolute Gasteiger partial charge is 0.403 e. The van der Waals surface area contributed by atoms with Gasteiger partial charge in [0.15, 0.2) is 5.41 Å². The van der Waals surface area contributed by atoms with Crippen molar-refractivity contribution in [3.63, 3.8) is 0 Å². The molecule has 4 atom stereocenters. The van der Waals surface area contributed by atoms with Crippen LogP contribution >= 0.6 is 0 Å². The molecule has 0 aromatic carbocycles. The topological polar surface area (TPSA) is 43.4 Å². The van der Waals surface area contributed by atoms with Crippen molar-refractivity contribution in [3.05, 3.63) is 0 Å². The minimum atomic E-state index is -5.22. The summed E-state index contributed by atoms with van der Waals surface area (Å²) in [5, 5.41) is -0.387. The van der Waals surface area contributed by atoms with Crippen LogP contribution < -0.4 is 0 Å². The van der Waals surface area contributed by atoms with Crippen molar-refractivity contribution in [1.29, 1.82) is 0 Å². The second-order valence-electron chi connectivity index (χ2n) is 7.36. The monoisotopic (exact) mass is 412 g/mol. The Kier molecular flexibility index (Phi) is 7.10. The highest BCUT2D eigenvalue weighted by atomic mass is 32.2. The lowest BCUT2D eigenvalue weighted by Gasteiger charge is -2.42. The zero-order chi connectivity index (χ0) is 20.6. The maximum Gasteiger partial charge on any atom is 0.403 e. The Morgan fingerprint density at radius 2 is 1.54 bits per heavy atom. The smallest absolute Gasteiger partial charge is 0.273 e. The van der Waals surface area contributed by atoms with Gasteiger partial charge < -0.3 is 0 Å². The van der Waals surface area contributed by atoms with Crippen molar-refractivity contribution >= 4 is 10.1 Å². The molecule has 2 rings (SSSR count). The molecular formula is C16H26F6O3S. The third-order valence-electron chi connectivity index (χ3n) is 5.96. The first-order chi connectivity index (χ1) is 11.6. The number of hydrogen-bond donors (Lipinski definition) is 0. The highest BCUT2D eigenvalue weighted by Gasteiger charge is 2.73. The van der Waals surface area contributed by atoms with Crippen molar-refractivity contribution in [2.45, 2.75) is 70.5 Å². The Morgan fingerprint density at radius 1 is 1.04 bits per heavy atom. The minimum absolute atomic E-state index is 0.0639. The lowest BCUT2D eigenvalue weighted by molar-refractivity contribution is -0.356. The summed E-state index contributed by atoms with van der Waals surface area (Å²) in [7, 11) is -2.07. The van der Waals surface area contributed by atoms with Crippen molar-refractivity contribution < 1.29 is 38.9 Å². The lowest BCUT2D eigenvalue weighted by atomic mass is 9.68. The fourth-order valence-electron chi connectivity index (χ4n) is 3.90. The molecule has 3 nitrogen and oxygen atoms in total. The lowest BCUT2D eigenvalue weighted by Crippen LogP contribution is -2.54. The second-order valence-corrected chi connectivity index (χ2v) is 9.48. The van der Waals surface area contributed by atoms with Crippen molar-refractivity contribution in [1.82, 2.24) is 0 Å². The molecule has 0 saturated heterocycles. The molecule has 0 N–H and O–H groups in total. The van der Waals surface area contributed by atoms with Crippen LogP contribution in [0.4, 0.5) is 26.3 Å². The Hall–Kier alpha value is -0.510. The summed E-state index contributed by atoms with van der Waals surface area (Å²) in [4.78, 5) is 0. The Bertz CT molecular complexity index is 556. The van der Waals surface area contributed by atoms with Crippen molar-refractivity contribution in [3.8, 4) is 0 Å². The standard InChI is InChI=1S/C11H14F6.C5H12O3S/c1-9(10(12,13)14,11(15,16)17)8-5-6-2-3-7(8)4-6;1-4-5(2)9(6,7)8-3/h6-8H,2-5H2,1H3;5H,4H2,1-3H3. The van der Waals surface area contributed by atoms with E-state index in [1.165, 1.54) is 7.11 Å². The molecule has 0 amide bonds. The quantitative estimate of drug-likeness (QED) is 0.464. The van der Waals surface area contributed by atoms with Gasteiger partial charge in [0.25, 0.3) is 10.1 Å². The normalized spacial score (nSPS) is 27.8. The molecule has 4 unspecified atom stereocenters. The Labute approximate surface area is 150 Å². The number of rotatable bonds is 4. The molecule has 2 fully saturated rings. The van der Waals surface area contributed by atoms with E-state index in [0.717, 1.165) is 6.42 Å². The van der Waals surface area contributed by atoms with E-state index in [4.69, 9.17) is 0 Å². The van der Waals surface area contributed by atoms with Gasteiger partial charge in [0.05, 0.1) is 12.4 Å². The average molecular weight is 412 g/mol. The predicted octanol–water partition coefficient (Wildman–Crippen LogP) is 5.31. The van der Waals surface area contributed by atoms with Gasteiger partial charge in [-0.15, -0.1) is 0 Å². The first-order valence-electron chi connectivity index (χ1n) is 8.54. The van der Waals surface area contributed by atoms with Gasteiger partial charge in [0, 0.05) is 0 Å². The van der Waals surface area contributed by atoms with Gasteiger partial charge >= 0.3 is 12.4 Å². The fraction of sp³-hybridized carbons (Fsp3) is 1.00. The van der Waals surface area contributed by atoms with Crippen LogP contribution in [0.5, 0.6) is 0 Å². The van der Waals surface area contributed by atoms with E-state index in [1.807, 2.05) is 0 Å². The molecular weight excluding hydrogens is 386 g/mol. The molecule has 0 aliphatic heterocycles. The molecule has 2 bridgehead atoms. The Balaban J connectivity index is 0.000000321. The van der Waals surface area contributed by atoms with E-state index in [9.17, 15) is 34.8 Å². The minimum Gasteiger partial charge on any atom is -0.273 e. The van der Waals surface area contributed by atoms with Crippen LogP contribution in [0, 0.1) is 23.2 Å². The first-order valence-corrected chi connectivity index (χ1v) is 10.0. The van der Waals surface area contributed by atoms with Crippen LogP contribution in [-0.2, 0) is 14.3 Å². The first kappa shape index (κ1) is 23.5. The molecule has 10 heteroatoms. The van der Waals surface area contributed by atoms with Gasteiger partial charge in [-0.05, 0) is 57.3 Å². The summed E-state index contributed by atoms with van der Waals surface area (Å²) in [5.41, 5.74) is -3.54. The predicted molar refractivity (Wildman–Crippen MR) is 84.8 cm³/mol. The average Bonchev–Trinajstić information content (AvgIpc) is 3.14. The van der Waals surface area contributed by atoms with Crippen LogP contribution in [0.1, 0.15) is 52.9 Å². The van der Waals surface area contributed by atoms with Gasteiger partial charge in [-0.1, -0.05) is 13.3 Å². The molecule has 0 radical (unpaired) electrons. The summed E-state index contributed by atoms with van der Waals surface area (Å²) < 4.78 is 103. The molecule has 0 spiro atoms. The van der Waals surface area contributed by atoms with E-state index in [0.29, 0.717) is 26.2 Å². The second kappa shape index (κ2) is 7.85. The van der Waals surface area contributed by atoms with Gasteiger partial charge in [-0.3, -0.25) is 4.18 Å². The van der Waals surface area contributed by atoms with Crippen molar-refractivity contribution in [2.24, 2.45) is 23.2 Å². The zero-order valence-corrected chi connectivity index (χ0v) is 16.1. The van der Waals surface area contributed by atoms with E-state index in [-0.39, 0.29) is 17.6 Å². The third-order valence-corrected chi connectivity index (χ3v) is 7.74. The molecule has 156 valence electrons. The summed E-state index contributed by atoms with van der Waals surface area (Å²) in [6.07, 6.45) is -7.95. The number of halogens is 6. The summed E-state index contributed by atoms with van der Waals surface area (Å²) in [5.74, 6) is -1.64. The molecule has 26 heavy (non-hydrogen) atoms. The third kappa shape index (κ3) is 4.48. The van der Waals surface area contributed by atoms with Crippen LogP contribution in [-0.4, -0.2) is 33.1 Å². The van der Waals surface area contributed by atoms with E-state index in [2.05, 4.69) is 4.18 Å². The molecule has 2 aliphatic carbocycles. The summed E-state index contributed by atoms with van der Waals surface area (Å²) in [6.45, 7) is 3.76. The zero-order valence-electron chi connectivity index (χ0n) is 15.2. The molecule has 0 aromatic heterocycles. The summed E-state index contributed by atoms with van der Waals surface area (Å²) >= 11 is 0.